The molecule has 4 heteroatoms. The molecule has 90 valence electrons. The molecule has 16 heavy (non-hydrogen) atoms. The number of nitrogens with zero attached hydrogens (tertiary/aromatic N) is 3. The second-order valence-electron chi connectivity index (χ2n) is 4.78. The van der Waals surface area contributed by atoms with Crippen molar-refractivity contribution < 1.29 is 0 Å². The number of rotatable bonds is 5. The summed E-state index contributed by atoms with van der Waals surface area (Å²) in [6, 6.07) is 0.652. The van der Waals surface area contributed by atoms with Crippen molar-refractivity contribution in [3.05, 3.63) is 12.2 Å². The molecule has 1 aromatic heterocycles. The van der Waals surface area contributed by atoms with Crippen LogP contribution in [0.5, 0.6) is 0 Å². The van der Waals surface area contributed by atoms with E-state index in [2.05, 4.69) is 22.4 Å². The maximum atomic E-state index is 4.27. The molecule has 0 aliphatic heterocycles. The summed E-state index contributed by atoms with van der Waals surface area (Å²) < 4.78 is 1.88. The maximum Gasteiger partial charge on any atom is 0.138 e. The van der Waals surface area contributed by atoms with Gasteiger partial charge in [0.2, 0.25) is 0 Å². The monoisotopic (exact) mass is 222 g/mol. The van der Waals surface area contributed by atoms with E-state index in [9.17, 15) is 0 Å². The average molecular weight is 222 g/mol. The third kappa shape index (κ3) is 2.61. The van der Waals surface area contributed by atoms with Gasteiger partial charge in [-0.2, -0.15) is 5.10 Å². The molecule has 0 saturated heterocycles. The van der Waals surface area contributed by atoms with E-state index in [4.69, 9.17) is 0 Å². The van der Waals surface area contributed by atoms with Crippen LogP contribution >= 0.6 is 0 Å². The van der Waals surface area contributed by atoms with Crippen LogP contribution in [0.3, 0.4) is 0 Å². The van der Waals surface area contributed by atoms with E-state index in [0.29, 0.717) is 6.04 Å². The van der Waals surface area contributed by atoms with Crippen LogP contribution in [-0.4, -0.2) is 27.9 Å². The van der Waals surface area contributed by atoms with E-state index in [-0.39, 0.29) is 0 Å². The van der Waals surface area contributed by atoms with Crippen molar-refractivity contribution in [2.45, 2.75) is 44.6 Å². The zero-order valence-corrected chi connectivity index (χ0v) is 10.3. The molecule has 1 unspecified atom stereocenters. The summed E-state index contributed by atoms with van der Waals surface area (Å²) in [5, 5.41) is 7.57. The predicted molar refractivity (Wildman–Crippen MR) is 64.1 cm³/mol. The highest BCUT2D eigenvalue weighted by molar-refractivity contribution is 4.88. The third-order valence-electron chi connectivity index (χ3n) is 3.82. The zero-order chi connectivity index (χ0) is 11.4. The van der Waals surface area contributed by atoms with E-state index in [1.165, 1.54) is 32.1 Å². The van der Waals surface area contributed by atoms with Gasteiger partial charge in [-0.3, -0.25) is 4.68 Å². The fourth-order valence-electron chi connectivity index (χ4n) is 2.81. The van der Waals surface area contributed by atoms with Gasteiger partial charge < -0.3 is 5.32 Å². The van der Waals surface area contributed by atoms with E-state index in [1.807, 2.05) is 11.7 Å². The number of aromatic nitrogens is 3. The molecule has 1 aromatic rings. The fraction of sp³-hybridized carbons (Fsp3) is 0.833. The van der Waals surface area contributed by atoms with Crippen LogP contribution in [0.15, 0.2) is 6.33 Å². The lowest BCUT2D eigenvalue weighted by Gasteiger charge is -2.22. The standard InChI is InChI=1S/C12H22N4/c1-13-11(10-5-3-4-6-10)7-8-12-14-9-15-16(12)2/h9-11,13H,3-8H2,1-2H3. The van der Waals surface area contributed by atoms with E-state index < -0.39 is 0 Å². The molecular formula is C12H22N4. The van der Waals surface area contributed by atoms with Gasteiger partial charge in [0.25, 0.3) is 0 Å². The lowest BCUT2D eigenvalue weighted by atomic mass is 9.94. The molecule has 1 heterocycles. The number of hydrogen-bond donors (Lipinski definition) is 1. The Balaban J connectivity index is 1.85. The van der Waals surface area contributed by atoms with Gasteiger partial charge in [0.05, 0.1) is 0 Å². The molecule has 0 bridgehead atoms. The lowest BCUT2D eigenvalue weighted by Crippen LogP contribution is -2.32. The first-order valence-electron chi connectivity index (χ1n) is 6.31. The lowest BCUT2D eigenvalue weighted by molar-refractivity contribution is 0.356. The van der Waals surface area contributed by atoms with Gasteiger partial charge in [-0.1, -0.05) is 12.8 Å². The summed E-state index contributed by atoms with van der Waals surface area (Å²) in [6.45, 7) is 0. The molecule has 1 N–H and O–H groups in total. The van der Waals surface area contributed by atoms with Crippen molar-refractivity contribution in [3.63, 3.8) is 0 Å². The first-order valence-corrected chi connectivity index (χ1v) is 6.31. The fourth-order valence-corrected chi connectivity index (χ4v) is 2.81. The van der Waals surface area contributed by atoms with E-state index in [1.54, 1.807) is 6.33 Å². The van der Waals surface area contributed by atoms with Gasteiger partial charge in [-0.15, -0.1) is 0 Å². The van der Waals surface area contributed by atoms with Crippen molar-refractivity contribution in [1.29, 1.82) is 0 Å². The topological polar surface area (TPSA) is 42.7 Å². The second-order valence-corrected chi connectivity index (χ2v) is 4.78. The molecule has 0 radical (unpaired) electrons. The summed E-state index contributed by atoms with van der Waals surface area (Å²) >= 11 is 0. The number of nitrogens with one attached hydrogen (secondary N) is 1. The minimum absolute atomic E-state index is 0.652. The van der Waals surface area contributed by atoms with Crippen LogP contribution < -0.4 is 5.32 Å². The summed E-state index contributed by atoms with van der Waals surface area (Å²) in [5.74, 6) is 1.97. The highest BCUT2D eigenvalue weighted by Gasteiger charge is 2.23. The predicted octanol–water partition coefficient (Wildman–Crippen LogP) is 1.53. The summed E-state index contributed by atoms with van der Waals surface area (Å²) in [4.78, 5) is 4.27. The van der Waals surface area contributed by atoms with E-state index >= 15 is 0 Å². The zero-order valence-electron chi connectivity index (χ0n) is 10.3. The van der Waals surface area contributed by atoms with Crippen LogP contribution in [0.25, 0.3) is 0 Å². The largest absolute Gasteiger partial charge is 0.317 e. The minimum atomic E-state index is 0.652. The SMILES string of the molecule is CNC(CCc1ncnn1C)C1CCCC1. The molecule has 0 amide bonds. The van der Waals surface area contributed by atoms with Gasteiger partial charge in [0.15, 0.2) is 0 Å². The third-order valence-corrected chi connectivity index (χ3v) is 3.82. The Morgan fingerprint density at radius 2 is 2.25 bits per heavy atom. The molecular weight excluding hydrogens is 200 g/mol. The molecule has 1 aliphatic rings. The molecule has 0 spiro atoms. The van der Waals surface area contributed by atoms with Crippen LogP contribution in [0.4, 0.5) is 0 Å². The summed E-state index contributed by atoms with van der Waals surface area (Å²) in [5.41, 5.74) is 0. The Morgan fingerprint density at radius 3 is 2.81 bits per heavy atom. The highest BCUT2D eigenvalue weighted by Crippen LogP contribution is 2.29. The first-order chi connectivity index (χ1) is 7.81. The second kappa shape index (κ2) is 5.43. The van der Waals surface area contributed by atoms with Crippen molar-refractivity contribution in [1.82, 2.24) is 20.1 Å². The molecule has 2 rings (SSSR count). The summed E-state index contributed by atoms with van der Waals surface area (Å²) in [6.07, 6.45) is 9.44. The van der Waals surface area contributed by atoms with Gasteiger partial charge in [-0.05, 0) is 32.2 Å². The van der Waals surface area contributed by atoms with Crippen LogP contribution in [-0.2, 0) is 13.5 Å². The molecule has 1 fully saturated rings. The van der Waals surface area contributed by atoms with Gasteiger partial charge >= 0.3 is 0 Å². The highest BCUT2D eigenvalue weighted by atomic mass is 15.3. The van der Waals surface area contributed by atoms with Crippen LogP contribution in [0.2, 0.25) is 0 Å². The van der Waals surface area contributed by atoms with Crippen LogP contribution in [0.1, 0.15) is 37.9 Å². The molecule has 4 nitrogen and oxygen atoms in total. The smallest absolute Gasteiger partial charge is 0.138 e. The van der Waals surface area contributed by atoms with Crippen molar-refractivity contribution >= 4 is 0 Å². The number of aryl methyl sites for hydroxylation is 2. The quantitative estimate of drug-likeness (QED) is 0.821. The number of hydrogen-bond acceptors (Lipinski definition) is 3. The maximum absolute atomic E-state index is 4.27. The Hall–Kier alpha value is -0.900. The van der Waals surface area contributed by atoms with Gasteiger partial charge in [-0.25, -0.2) is 4.98 Å². The summed E-state index contributed by atoms with van der Waals surface area (Å²) in [7, 11) is 4.05. The van der Waals surface area contributed by atoms with Gasteiger partial charge in [0, 0.05) is 19.5 Å². The van der Waals surface area contributed by atoms with Crippen molar-refractivity contribution in [2.24, 2.45) is 13.0 Å². The molecule has 1 atom stereocenters. The Labute approximate surface area is 97.5 Å². The van der Waals surface area contributed by atoms with Crippen molar-refractivity contribution in [3.8, 4) is 0 Å². The van der Waals surface area contributed by atoms with Crippen molar-refractivity contribution in [2.75, 3.05) is 7.05 Å². The first kappa shape index (κ1) is 11.6. The minimum Gasteiger partial charge on any atom is -0.317 e. The normalized spacial score (nSPS) is 19.1. The Morgan fingerprint density at radius 1 is 1.50 bits per heavy atom. The molecule has 1 saturated carbocycles. The van der Waals surface area contributed by atoms with Crippen LogP contribution in [0, 0.1) is 5.92 Å². The average Bonchev–Trinajstić information content (AvgIpc) is 2.92. The van der Waals surface area contributed by atoms with Gasteiger partial charge in [0.1, 0.15) is 12.2 Å². The van der Waals surface area contributed by atoms with E-state index in [0.717, 1.165) is 18.2 Å². The molecule has 1 aliphatic carbocycles. The molecule has 0 aromatic carbocycles. The Bertz CT molecular complexity index is 315. The Kier molecular flexibility index (Phi) is 3.93.